The summed E-state index contributed by atoms with van der Waals surface area (Å²) in [7, 11) is 0. The van der Waals surface area contributed by atoms with Gasteiger partial charge in [0.2, 0.25) is 5.91 Å². The lowest BCUT2D eigenvalue weighted by Gasteiger charge is -2.35. The van der Waals surface area contributed by atoms with Gasteiger partial charge in [-0.3, -0.25) is 14.8 Å². The zero-order valence-electron chi connectivity index (χ0n) is 14.9. The van der Waals surface area contributed by atoms with E-state index in [9.17, 15) is 9.18 Å². The molecule has 2 heterocycles. The van der Waals surface area contributed by atoms with Crippen LogP contribution >= 0.6 is 0 Å². The number of halogens is 1. The predicted molar refractivity (Wildman–Crippen MR) is 101 cm³/mol. The third-order valence-electron chi connectivity index (χ3n) is 4.94. The number of nitrogens with one attached hydrogen (secondary N) is 2. The molecule has 1 unspecified atom stereocenters. The molecule has 4 rings (SSSR count). The van der Waals surface area contributed by atoms with Crippen molar-refractivity contribution in [2.75, 3.05) is 13.1 Å². The summed E-state index contributed by atoms with van der Waals surface area (Å²) < 4.78 is 13.2. The van der Waals surface area contributed by atoms with Crippen LogP contribution in [0.5, 0.6) is 0 Å². The second-order valence-electron chi connectivity index (χ2n) is 6.74. The fraction of sp³-hybridized carbons (Fsp3) is 0.238. The molecule has 1 atom stereocenters. The molecule has 5 nitrogen and oxygen atoms in total. The Labute approximate surface area is 157 Å². The Morgan fingerprint density at radius 3 is 2.67 bits per heavy atom. The summed E-state index contributed by atoms with van der Waals surface area (Å²) in [6.45, 7) is 2.01. The van der Waals surface area contributed by atoms with E-state index in [1.165, 1.54) is 12.1 Å². The van der Waals surface area contributed by atoms with E-state index in [4.69, 9.17) is 0 Å². The first-order chi connectivity index (χ1) is 13.2. The monoisotopic (exact) mass is 364 g/mol. The number of carbonyl (C=O) groups is 1. The first kappa shape index (κ1) is 17.4. The standard InChI is InChI=1S/C21H21FN4O/c22-18-8-6-16(7-9-18)20-17(13-24-25-20)14-26-11-10-23-21(27)19(26)12-15-4-2-1-3-5-15/h1-9,13,19H,10-12,14H2,(H,23,27)(H,24,25). The predicted octanol–water partition coefficient (Wildman–Crippen LogP) is 2.76. The quantitative estimate of drug-likeness (QED) is 0.732. The van der Waals surface area contributed by atoms with Crippen molar-refractivity contribution in [2.24, 2.45) is 0 Å². The number of nitrogens with zero attached hydrogens (tertiary/aromatic N) is 2. The van der Waals surface area contributed by atoms with Crippen LogP contribution in [0.4, 0.5) is 4.39 Å². The van der Waals surface area contributed by atoms with E-state index in [2.05, 4.69) is 20.4 Å². The van der Waals surface area contributed by atoms with Crippen LogP contribution in [0.25, 0.3) is 11.3 Å². The number of piperazine rings is 1. The van der Waals surface area contributed by atoms with Crippen LogP contribution in [0, 0.1) is 5.82 Å². The summed E-state index contributed by atoms with van der Waals surface area (Å²) in [5.41, 5.74) is 3.87. The van der Waals surface area contributed by atoms with Crippen LogP contribution in [-0.4, -0.2) is 40.1 Å². The number of hydrogen-bond donors (Lipinski definition) is 2. The molecule has 27 heavy (non-hydrogen) atoms. The maximum absolute atomic E-state index is 13.2. The molecule has 1 amide bonds. The Kier molecular flexibility index (Phi) is 4.98. The zero-order valence-corrected chi connectivity index (χ0v) is 14.9. The van der Waals surface area contributed by atoms with Gasteiger partial charge in [0, 0.05) is 30.8 Å². The van der Waals surface area contributed by atoms with Gasteiger partial charge in [0.25, 0.3) is 0 Å². The number of aromatic nitrogens is 2. The van der Waals surface area contributed by atoms with E-state index in [-0.39, 0.29) is 17.8 Å². The van der Waals surface area contributed by atoms with Crippen LogP contribution in [0.15, 0.2) is 60.8 Å². The van der Waals surface area contributed by atoms with Crippen molar-refractivity contribution in [1.82, 2.24) is 20.4 Å². The minimum Gasteiger partial charge on any atom is -0.353 e. The molecule has 2 N–H and O–H groups in total. The van der Waals surface area contributed by atoms with Crippen LogP contribution in [0.3, 0.4) is 0 Å². The number of H-pyrrole nitrogens is 1. The maximum Gasteiger partial charge on any atom is 0.237 e. The Morgan fingerprint density at radius 2 is 1.89 bits per heavy atom. The molecule has 0 saturated carbocycles. The van der Waals surface area contributed by atoms with E-state index < -0.39 is 0 Å². The van der Waals surface area contributed by atoms with E-state index in [0.717, 1.165) is 28.9 Å². The molecule has 1 fully saturated rings. The summed E-state index contributed by atoms with van der Waals surface area (Å²) in [4.78, 5) is 14.7. The van der Waals surface area contributed by atoms with E-state index in [1.807, 2.05) is 30.3 Å². The smallest absolute Gasteiger partial charge is 0.237 e. The van der Waals surface area contributed by atoms with Crippen LogP contribution in [0.1, 0.15) is 11.1 Å². The Hall–Kier alpha value is -2.99. The summed E-state index contributed by atoms with van der Waals surface area (Å²) in [5.74, 6) is -0.215. The summed E-state index contributed by atoms with van der Waals surface area (Å²) >= 11 is 0. The highest BCUT2D eigenvalue weighted by molar-refractivity contribution is 5.82. The van der Waals surface area contributed by atoms with Gasteiger partial charge in [-0.05, 0) is 36.2 Å². The maximum atomic E-state index is 13.2. The van der Waals surface area contributed by atoms with E-state index >= 15 is 0 Å². The van der Waals surface area contributed by atoms with Gasteiger partial charge in [0.05, 0.1) is 17.9 Å². The lowest BCUT2D eigenvalue weighted by molar-refractivity contribution is -0.129. The molecule has 0 aliphatic carbocycles. The first-order valence-corrected chi connectivity index (χ1v) is 9.04. The molecule has 0 spiro atoms. The highest BCUT2D eigenvalue weighted by atomic mass is 19.1. The van der Waals surface area contributed by atoms with Crippen molar-refractivity contribution in [3.05, 3.63) is 77.7 Å². The van der Waals surface area contributed by atoms with Crippen molar-refractivity contribution >= 4 is 5.91 Å². The first-order valence-electron chi connectivity index (χ1n) is 9.04. The second-order valence-corrected chi connectivity index (χ2v) is 6.74. The lowest BCUT2D eigenvalue weighted by Crippen LogP contribution is -2.55. The Balaban J connectivity index is 1.56. The molecule has 1 aromatic heterocycles. The largest absolute Gasteiger partial charge is 0.353 e. The van der Waals surface area contributed by atoms with Crippen molar-refractivity contribution < 1.29 is 9.18 Å². The van der Waals surface area contributed by atoms with Gasteiger partial charge in [-0.15, -0.1) is 0 Å². The number of rotatable bonds is 5. The molecule has 1 aliphatic rings. The van der Waals surface area contributed by atoms with Crippen molar-refractivity contribution in [3.8, 4) is 11.3 Å². The summed E-state index contributed by atoms with van der Waals surface area (Å²) in [5, 5.41) is 10.1. The van der Waals surface area contributed by atoms with E-state index in [0.29, 0.717) is 19.5 Å². The lowest BCUT2D eigenvalue weighted by atomic mass is 10.0. The molecule has 3 aromatic rings. The minimum absolute atomic E-state index is 0.0527. The molecule has 0 bridgehead atoms. The number of aromatic amines is 1. The van der Waals surface area contributed by atoms with E-state index in [1.54, 1.807) is 18.3 Å². The third kappa shape index (κ3) is 3.90. The normalized spacial score (nSPS) is 17.7. The van der Waals surface area contributed by atoms with Crippen LogP contribution in [-0.2, 0) is 17.8 Å². The average Bonchev–Trinajstić information content (AvgIpc) is 3.14. The topological polar surface area (TPSA) is 61.0 Å². The molecular weight excluding hydrogens is 343 g/mol. The van der Waals surface area contributed by atoms with Crippen molar-refractivity contribution in [1.29, 1.82) is 0 Å². The van der Waals surface area contributed by atoms with Gasteiger partial charge in [-0.1, -0.05) is 30.3 Å². The van der Waals surface area contributed by atoms with Gasteiger partial charge >= 0.3 is 0 Å². The van der Waals surface area contributed by atoms with Crippen molar-refractivity contribution in [3.63, 3.8) is 0 Å². The Bertz CT molecular complexity index is 907. The second kappa shape index (κ2) is 7.72. The molecule has 0 radical (unpaired) electrons. The van der Waals surface area contributed by atoms with Gasteiger partial charge in [0.15, 0.2) is 0 Å². The van der Waals surface area contributed by atoms with Gasteiger partial charge < -0.3 is 5.32 Å². The highest BCUT2D eigenvalue weighted by Crippen LogP contribution is 2.24. The van der Waals surface area contributed by atoms with Crippen LogP contribution in [0.2, 0.25) is 0 Å². The molecular formula is C21H21FN4O. The fourth-order valence-electron chi connectivity index (χ4n) is 3.53. The SMILES string of the molecule is O=C1NCCN(Cc2cn[nH]c2-c2ccc(F)cc2)C1Cc1ccccc1. The van der Waals surface area contributed by atoms with Gasteiger partial charge in [0.1, 0.15) is 5.82 Å². The number of carbonyl (C=O) groups excluding carboxylic acids is 1. The van der Waals surface area contributed by atoms with Crippen molar-refractivity contribution in [2.45, 2.75) is 19.0 Å². The van der Waals surface area contributed by atoms with Crippen LogP contribution < -0.4 is 5.32 Å². The molecule has 6 heteroatoms. The number of amides is 1. The zero-order chi connectivity index (χ0) is 18.6. The summed E-state index contributed by atoms with van der Waals surface area (Å²) in [6, 6.07) is 16.2. The molecule has 1 saturated heterocycles. The molecule has 1 aliphatic heterocycles. The fourth-order valence-corrected chi connectivity index (χ4v) is 3.53. The minimum atomic E-state index is -0.268. The number of benzene rings is 2. The Morgan fingerprint density at radius 1 is 1.11 bits per heavy atom. The summed E-state index contributed by atoms with van der Waals surface area (Å²) in [6.07, 6.45) is 2.45. The third-order valence-corrected chi connectivity index (χ3v) is 4.94. The highest BCUT2D eigenvalue weighted by Gasteiger charge is 2.30. The number of hydrogen-bond acceptors (Lipinski definition) is 3. The van der Waals surface area contributed by atoms with Gasteiger partial charge in [-0.2, -0.15) is 5.10 Å². The van der Waals surface area contributed by atoms with Gasteiger partial charge in [-0.25, -0.2) is 4.39 Å². The molecule has 2 aromatic carbocycles. The average molecular weight is 364 g/mol. The molecule has 138 valence electrons.